The van der Waals surface area contributed by atoms with Gasteiger partial charge in [0.15, 0.2) is 0 Å². The summed E-state index contributed by atoms with van der Waals surface area (Å²) in [5.74, 6) is 1.24. The number of rotatable bonds is 1. The van der Waals surface area contributed by atoms with E-state index in [1.165, 1.54) is 17.0 Å². The van der Waals surface area contributed by atoms with E-state index in [9.17, 15) is 0 Å². The molecule has 0 fully saturated rings. The summed E-state index contributed by atoms with van der Waals surface area (Å²) in [5.41, 5.74) is 2.60. The molecular weight excluding hydrogens is 172 g/mol. The SMILES string of the molecule is Cc1ccccc1-c1n(C)cc[n+]1C. The number of benzene rings is 1. The lowest BCUT2D eigenvalue weighted by atomic mass is 10.1. The Bertz CT molecular complexity index is 436. The number of hydrogen-bond donors (Lipinski definition) is 0. The third kappa shape index (κ3) is 1.33. The van der Waals surface area contributed by atoms with Crippen molar-refractivity contribution in [3.8, 4) is 11.4 Å². The maximum atomic E-state index is 2.16. The van der Waals surface area contributed by atoms with Gasteiger partial charge in [-0.3, -0.25) is 0 Å². The van der Waals surface area contributed by atoms with Crippen LogP contribution in [0, 0.1) is 6.92 Å². The standard InChI is InChI=1S/C12H15N2/c1-10-6-4-5-7-11(10)12-13(2)8-9-14(12)3/h4-9H,1-3H3/q+1. The molecule has 0 atom stereocenters. The minimum atomic E-state index is 1.24. The van der Waals surface area contributed by atoms with Gasteiger partial charge in [0, 0.05) is 0 Å². The number of nitrogens with zero attached hydrogens (tertiary/aromatic N) is 2. The summed E-state index contributed by atoms with van der Waals surface area (Å²) in [6.45, 7) is 2.14. The normalized spacial score (nSPS) is 10.5. The average Bonchev–Trinajstić information content (AvgIpc) is 2.48. The molecule has 72 valence electrons. The Morgan fingerprint density at radius 1 is 1.21 bits per heavy atom. The lowest BCUT2D eigenvalue weighted by Gasteiger charge is -2.02. The lowest BCUT2D eigenvalue weighted by Crippen LogP contribution is -2.28. The number of imidazole rings is 1. The molecule has 1 heterocycles. The van der Waals surface area contributed by atoms with Crippen LogP contribution in [0.4, 0.5) is 0 Å². The highest BCUT2D eigenvalue weighted by Gasteiger charge is 2.15. The lowest BCUT2D eigenvalue weighted by molar-refractivity contribution is -0.659. The number of aromatic nitrogens is 2. The summed E-state index contributed by atoms with van der Waals surface area (Å²) in [6, 6.07) is 8.45. The maximum absolute atomic E-state index is 2.16. The Balaban J connectivity index is 2.66. The molecule has 0 aliphatic carbocycles. The monoisotopic (exact) mass is 187 g/mol. The molecule has 1 aromatic heterocycles. The minimum absolute atomic E-state index is 1.24. The van der Waals surface area contributed by atoms with Gasteiger partial charge >= 0.3 is 0 Å². The topological polar surface area (TPSA) is 8.81 Å². The Morgan fingerprint density at radius 3 is 2.50 bits per heavy atom. The first-order valence-corrected chi connectivity index (χ1v) is 4.77. The second-order valence-corrected chi connectivity index (χ2v) is 3.66. The van der Waals surface area contributed by atoms with Crippen molar-refractivity contribution in [3.63, 3.8) is 0 Å². The van der Waals surface area contributed by atoms with Gasteiger partial charge in [0.25, 0.3) is 5.82 Å². The molecule has 0 amide bonds. The quantitative estimate of drug-likeness (QED) is 0.602. The number of aryl methyl sites for hydroxylation is 3. The number of hydrogen-bond acceptors (Lipinski definition) is 0. The van der Waals surface area contributed by atoms with Crippen LogP contribution in [0.3, 0.4) is 0 Å². The van der Waals surface area contributed by atoms with Crippen LogP contribution in [0.5, 0.6) is 0 Å². The van der Waals surface area contributed by atoms with Crippen LogP contribution < -0.4 is 4.57 Å². The van der Waals surface area contributed by atoms with Crippen LogP contribution in [0.2, 0.25) is 0 Å². The van der Waals surface area contributed by atoms with Gasteiger partial charge in [0.05, 0.1) is 19.7 Å². The molecule has 2 rings (SSSR count). The fourth-order valence-corrected chi connectivity index (χ4v) is 1.79. The third-order valence-corrected chi connectivity index (χ3v) is 2.57. The molecule has 0 bridgehead atoms. The van der Waals surface area contributed by atoms with Gasteiger partial charge < -0.3 is 0 Å². The van der Waals surface area contributed by atoms with E-state index in [0.29, 0.717) is 0 Å². The van der Waals surface area contributed by atoms with Crippen molar-refractivity contribution in [2.45, 2.75) is 6.92 Å². The molecule has 2 nitrogen and oxygen atoms in total. The summed E-state index contributed by atoms with van der Waals surface area (Å²) in [5, 5.41) is 0. The van der Waals surface area contributed by atoms with Crippen molar-refractivity contribution in [3.05, 3.63) is 42.2 Å². The van der Waals surface area contributed by atoms with Crippen molar-refractivity contribution in [2.24, 2.45) is 14.1 Å². The summed E-state index contributed by atoms with van der Waals surface area (Å²) >= 11 is 0. The van der Waals surface area contributed by atoms with Crippen LogP contribution >= 0.6 is 0 Å². The van der Waals surface area contributed by atoms with Crippen LogP contribution in [0.1, 0.15) is 5.56 Å². The highest BCUT2D eigenvalue weighted by molar-refractivity contribution is 5.57. The summed E-state index contributed by atoms with van der Waals surface area (Å²) < 4.78 is 4.28. The summed E-state index contributed by atoms with van der Waals surface area (Å²) in [4.78, 5) is 0. The van der Waals surface area contributed by atoms with Crippen LogP contribution in [-0.4, -0.2) is 4.57 Å². The van der Waals surface area contributed by atoms with Gasteiger partial charge in [-0.2, -0.15) is 0 Å². The predicted octanol–water partition coefficient (Wildman–Crippen LogP) is 1.83. The van der Waals surface area contributed by atoms with Crippen molar-refractivity contribution < 1.29 is 4.57 Å². The van der Waals surface area contributed by atoms with Crippen molar-refractivity contribution in [1.29, 1.82) is 0 Å². The molecule has 1 aromatic carbocycles. The van der Waals surface area contributed by atoms with Crippen LogP contribution in [0.25, 0.3) is 11.4 Å². The average molecular weight is 187 g/mol. The third-order valence-electron chi connectivity index (χ3n) is 2.57. The zero-order valence-electron chi connectivity index (χ0n) is 8.86. The van der Waals surface area contributed by atoms with E-state index in [1.54, 1.807) is 0 Å². The predicted molar refractivity (Wildman–Crippen MR) is 56.8 cm³/mol. The fraction of sp³-hybridized carbons (Fsp3) is 0.250. The molecule has 0 saturated carbocycles. The second kappa shape index (κ2) is 3.29. The first-order chi connectivity index (χ1) is 6.70. The molecular formula is C12H15N2+. The molecule has 0 saturated heterocycles. The van der Waals surface area contributed by atoms with E-state index in [-0.39, 0.29) is 0 Å². The maximum Gasteiger partial charge on any atom is 0.288 e. The van der Waals surface area contributed by atoms with Gasteiger partial charge in [-0.05, 0) is 18.6 Å². The molecule has 2 aromatic rings. The van der Waals surface area contributed by atoms with E-state index in [2.05, 4.69) is 66.8 Å². The van der Waals surface area contributed by atoms with Gasteiger partial charge in [-0.1, -0.05) is 18.2 Å². The minimum Gasteiger partial charge on any atom is -0.233 e. The molecule has 2 heteroatoms. The Labute approximate surface area is 84.4 Å². The largest absolute Gasteiger partial charge is 0.288 e. The Hall–Kier alpha value is -1.57. The molecule has 0 unspecified atom stereocenters. The van der Waals surface area contributed by atoms with Crippen molar-refractivity contribution in [2.75, 3.05) is 0 Å². The van der Waals surface area contributed by atoms with Crippen LogP contribution in [0.15, 0.2) is 36.7 Å². The molecule has 14 heavy (non-hydrogen) atoms. The molecule has 0 N–H and O–H groups in total. The first kappa shape index (κ1) is 9.00. The Kier molecular flexibility index (Phi) is 2.12. The van der Waals surface area contributed by atoms with E-state index in [4.69, 9.17) is 0 Å². The zero-order chi connectivity index (χ0) is 10.1. The fourth-order valence-electron chi connectivity index (χ4n) is 1.79. The van der Waals surface area contributed by atoms with E-state index >= 15 is 0 Å². The molecule has 0 aliphatic rings. The van der Waals surface area contributed by atoms with Gasteiger partial charge in [0.1, 0.15) is 12.4 Å². The van der Waals surface area contributed by atoms with E-state index in [0.717, 1.165) is 0 Å². The van der Waals surface area contributed by atoms with E-state index in [1.807, 2.05) is 0 Å². The van der Waals surface area contributed by atoms with Gasteiger partial charge in [0.2, 0.25) is 0 Å². The highest BCUT2D eigenvalue weighted by Crippen LogP contribution is 2.18. The smallest absolute Gasteiger partial charge is 0.233 e. The Morgan fingerprint density at radius 2 is 1.93 bits per heavy atom. The summed E-state index contributed by atoms with van der Waals surface area (Å²) in [7, 11) is 4.14. The van der Waals surface area contributed by atoms with Crippen molar-refractivity contribution >= 4 is 0 Å². The van der Waals surface area contributed by atoms with Gasteiger partial charge in [-0.25, -0.2) is 9.13 Å². The van der Waals surface area contributed by atoms with Gasteiger partial charge in [-0.15, -0.1) is 0 Å². The highest BCUT2D eigenvalue weighted by atomic mass is 15.1. The van der Waals surface area contributed by atoms with Crippen molar-refractivity contribution in [1.82, 2.24) is 4.57 Å². The second-order valence-electron chi connectivity index (χ2n) is 3.66. The first-order valence-electron chi connectivity index (χ1n) is 4.77. The van der Waals surface area contributed by atoms with Crippen LogP contribution in [-0.2, 0) is 14.1 Å². The zero-order valence-corrected chi connectivity index (χ0v) is 8.86. The molecule has 0 radical (unpaired) electrons. The van der Waals surface area contributed by atoms with E-state index < -0.39 is 0 Å². The summed E-state index contributed by atoms with van der Waals surface area (Å²) in [6.07, 6.45) is 4.14. The molecule has 0 spiro atoms. The molecule has 0 aliphatic heterocycles.